The molecule has 6 nitrogen and oxygen atoms in total. The number of alkyl halides is 3. The van der Waals surface area contributed by atoms with E-state index in [9.17, 15) is 18.0 Å². The lowest BCUT2D eigenvalue weighted by Gasteiger charge is -2.32. The molecule has 0 radical (unpaired) electrons. The van der Waals surface area contributed by atoms with Crippen molar-refractivity contribution in [3.63, 3.8) is 0 Å². The SMILES string of the molecule is Cc1nnc(C(=O)NC2CCN(Cc3cccc(C(F)(F)F)c3)CC2)o1. The number of benzene rings is 1. The monoisotopic (exact) mass is 368 g/mol. The van der Waals surface area contributed by atoms with Crippen molar-refractivity contribution in [2.75, 3.05) is 13.1 Å². The van der Waals surface area contributed by atoms with Gasteiger partial charge in [-0.1, -0.05) is 18.2 Å². The van der Waals surface area contributed by atoms with E-state index < -0.39 is 17.6 Å². The number of carbonyl (C=O) groups is 1. The fourth-order valence-corrected chi connectivity index (χ4v) is 2.98. The number of carbonyl (C=O) groups excluding carboxylic acids is 1. The minimum absolute atomic E-state index is 0.0209. The van der Waals surface area contributed by atoms with Crippen molar-refractivity contribution >= 4 is 5.91 Å². The third-order valence-corrected chi connectivity index (χ3v) is 4.30. The second kappa shape index (κ2) is 7.45. The molecule has 1 N–H and O–H groups in total. The van der Waals surface area contributed by atoms with Crippen LogP contribution in [0.4, 0.5) is 13.2 Å². The van der Waals surface area contributed by atoms with Crippen molar-refractivity contribution in [1.29, 1.82) is 0 Å². The van der Waals surface area contributed by atoms with E-state index in [-0.39, 0.29) is 11.9 Å². The maximum absolute atomic E-state index is 12.8. The van der Waals surface area contributed by atoms with Crippen LogP contribution >= 0.6 is 0 Å². The minimum Gasteiger partial charge on any atom is -0.417 e. The molecule has 1 aliphatic rings. The van der Waals surface area contributed by atoms with Gasteiger partial charge in [0.15, 0.2) is 0 Å². The number of halogens is 3. The summed E-state index contributed by atoms with van der Waals surface area (Å²) < 4.78 is 43.5. The molecule has 1 saturated heterocycles. The molecule has 1 amide bonds. The van der Waals surface area contributed by atoms with Gasteiger partial charge in [-0.3, -0.25) is 9.69 Å². The Hall–Kier alpha value is -2.42. The van der Waals surface area contributed by atoms with Crippen LogP contribution in [0.1, 0.15) is 40.5 Å². The Balaban J connectivity index is 1.50. The summed E-state index contributed by atoms with van der Waals surface area (Å²) >= 11 is 0. The summed E-state index contributed by atoms with van der Waals surface area (Å²) in [6.45, 7) is 3.43. The number of hydrogen-bond acceptors (Lipinski definition) is 5. The van der Waals surface area contributed by atoms with Gasteiger partial charge < -0.3 is 9.73 Å². The molecule has 26 heavy (non-hydrogen) atoms. The van der Waals surface area contributed by atoms with Crippen molar-refractivity contribution < 1.29 is 22.4 Å². The first kappa shape index (κ1) is 18.4. The third kappa shape index (κ3) is 4.60. The van der Waals surface area contributed by atoms with Gasteiger partial charge in [-0.25, -0.2) is 0 Å². The Morgan fingerprint density at radius 3 is 2.65 bits per heavy atom. The highest BCUT2D eigenvalue weighted by molar-refractivity contribution is 5.89. The molecule has 1 aromatic heterocycles. The van der Waals surface area contributed by atoms with Crippen LogP contribution in [-0.4, -0.2) is 40.1 Å². The van der Waals surface area contributed by atoms with E-state index in [1.807, 2.05) is 0 Å². The lowest BCUT2D eigenvalue weighted by Crippen LogP contribution is -2.44. The molecule has 140 valence electrons. The number of piperidine rings is 1. The molecule has 1 fully saturated rings. The van der Waals surface area contributed by atoms with Crippen LogP contribution < -0.4 is 5.32 Å². The Kier molecular flexibility index (Phi) is 5.26. The molecule has 0 spiro atoms. The molecule has 0 saturated carbocycles. The molecule has 9 heteroatoms. The van der Waals surface area contributed by atoms with Gasteiger partial charge in [0.25, 0.3) is 0 Å². The summed E-state index contributed by atoms with van der Waals surface area (Å²) in [6.07, 6.45) is -2.92. The number of aryl methyl sites for hydroxylation is 1. The maximum Gasteiger partial charge on any atom is 0.416 e. The smallest absolute Gasteiger partial charge is 0.416 e. The predicted octanol–water partition coefficient (Wildman–Crippen LogP) is 2.79. The Labute approximate surface area is 148 Å². The highest BCUT2D eigenvalue weighted by atomic mass is 19.4. The topological polar surface area (TPSA) is 71.3 Å². The average Bonchev–Trinajstić information content (AvgIpc) is 3.03. The van der Waals surface area contributed by atoms with E-state index in [2.05, 4.69) is 20.4 Å². The van der Waals surface area contributed by atoms with Crippen molar-refractivity contribution in [2.24, 2.45) is 0 Å². The van der Waals surface area contributed by atoms with E-state index in [0.29, 0.717) is 43.9 Å². The Bertz CT molecular complexity index is 767. The van der Waals surface area contributed by atoms with Crippen molar-refractivity contribution in [2.45, 2.75) is 38.5 Å². The average molecular weight is 368 g/mol. The van der Waals surface area contributed by atoms with Gasteiger partial charge in [0.05, 0.1) is 5.56 Å². The van der Waals surface area contributed by atoms with E-state index in [0.717, 1.165) is 6.07 Å². The minimum atomic E-state index is -4.33. The van der Waals surface area contributed by atoms with Crippen molar-refractivity contribution in [3.05, 3.63) is 47.2 Å². The van der Waals surface area contributed by atoms with Gasteiger partial charge in [-0.15, -0.1) is 10.2 Å². The van der Waals surface area contributed by atoms with Crippen LogP contribution in [0.15, 0.2) is 28.7 Å². The number of aromatic nitrogens is 2. The maximum atomic E-state index is 12.8. The van der Waals surface area contributed by atoms with Gasteiger partial charge >= 0.3 is 18.0 Å². The number of amides is 1. The quantitative estimate of drug-likeness (QED) is 0.899. The summed E-state index contributed by atoms with van der Waals surface area (Å²) in [5.74, 6) is -0.137. The van der Waals surface area contributed by atoms with Gasteiger partial charge in [-0.05, 0) is 24.5 Å². The molecule has 0 bridgehead atoms. The standard InChI is InChI=1S/C17H19F3N4O2/c1-11-22-23-16(26-11)15(25)21-14-5-7-24(8-6-14)10-12-3-2-4-13(9-12)17(18,19)20/h2-4,9,14H,5-8,10H2,1H3,(H,21,25). The van der Waals surface area contributed by atoms with E-state index in [1.165, 1.54) is 12.1 Å². The van der Waals surface area contributed by atoms with Crippen LogP contribution in [-0.2, 0) is 12.7 Å². The van der Waals surface area contributed by atoms with Gasteiger partial charge in [0.1, 0.15) is 0 Å². The molecule has 0 unspecified atom stereocenters. The summed E-state index contributed by atoms with van der Waals surface area (Å²) in [5.41, 5.74) is -0.00403. The lowest BCUT2D eigenvalue weighted by molar-refractivity contribution is -0.137. The number of rotatable bonds is 4. The zero-order valence-electron chi connectivity index (χ0n) is 14.2. The second-order valence-corrected chi connectivity index (χ2v) is 6.35. The number of likely N-dealkylation sites (tertiary alicyclic amines) is 1. The molecule has 1 aromatic carbocycles. The van der Waals surface area contributed by atoms with Gasteiger partial charge in [-0.2, -0.15) is 13.2 Å². The summed E-state index contributed by atoms with van der Waals surface area (Å²) in [5, 5.41) is 10.1. The van der Waals surface area contributed by atoms with Crippen LogP contribution in [0.25, 0.3) is 0 Å². The molecule has 1 aliphatic heterocycles. The first-order valence-corrected chi connectivity index (χ1v) is 8.31. The van der Waals surface area contributed by atoms with E-state index in [4.69, 9.17) is 4.42 Å². The molecular weight excluding hydrogens is 349 g/mol. The van der Waals surface area contributed by atoms with Crippen molar-refractivity contribution in [1.82, 2.24) is 20.4 Å². The van der Waals surface area contributed by atoms with Crippen molar-refractivity contribution in [3.8, 4) is 0 Å². The Morgan fingerprint density at radius 1 is 1.31 bits per heavy atom. The molecule has 3 rings (SSSR count). The van der Waals surface area contributed by atoms with Crippen LogP contribution in [0.3, 0.4) is 0 Å². The summed E-state index contributed by atoms with van der Waals surface area (Å²) in [7, 11) is 0. The first-order chi connectivity index (χ1) is 12.3. The largest absolute Gasteiger partial charge is 0.417 e. The second-order valence-electron chi connectivity index (χ2n) is 6.35. The molecule has 2 heterocycles. The zero-order chi connectivity index (χ0) is 18.7. The number of hydrogen-bond donors (Lipinski definition) is 1. The zero-order valence-corrected chi connectivity index (χ0v) is 14.2. The van der Waals surface area contributed by atoms with Crippen LogP contribution in [0, 0.1) is 6.92 Å². The summed E-state index contributed by atoms with van der Waals surface area (Å²) in [4.78, 5) is 14.1. The molecule has 2 aromatic rings. The van der Waals surface area contributed by atoms with E-state index in [1.54, 1.807) is 13.0 Å². The third-order valence-electron chi connectivity index (χ3n) is 4.30. The normalized spacial score (nSPS) is 16.6. The number of nitrogens with one attached hydrogen (secondary N) is 1. The fraction of sp³-hybridized carbons (Fsp3) is 0.471. The molecule has 0 atom stereocenters. The number of nitrogens with zero attached hydrogens (tertiary/aromatic N) is 3. The highest BCUT2D eigenvalue weighted by Gasteiger charge is 2.30. The van der Waals surface area contributed by atoms with Crippen LogP contribution in [0.5, 0.6) is 0 Å². The first-order valence-electron chi connectivity index (χ1n) is 8.31. The lowest BCUT2D eigenvalue weighted by atomic mass is 10.0. The van der Waals surface area contributed by atoms with Gasteiger partial charge in [0.2, 0.25) is 5.89 Å². The van der Waals surface area contributed by atoms with Gasteiger partial charge in [0, 0.05) is 32.6 Å². The fourth-order valence-electron chi connectivity index (χ4n) is 2.98. The predicted molar refractivity (Wildman–Crippen MR) is 86.2 cm³/mol. The Morgan fingerprint density at radius 2 is 2.04 bits per heavy atom. The van der Waals surface area contributed by atoms with Crippen LogP contribution in [0.2, 0.25) is 0 Å². The molecule has 0 aliphatic carbocycles. The van der Waals surface area contributed by atoms with E-state index >= 15 is 0 Å². The molecular formula is C17H19F3N4O2. The summed E-state index contributed by atoms with van der Waals surface area (Å²) in [6, 6.07) is 5.36. The highest BCUT2D eigenvalue weighted by Crippen LogP contribution is 2.30.